The largest absolute Gasteiger partial charge is 0.480 e. The number of hydrogen-bond donors (Lipinski definition) is 1. The van der Waals surface area contributed by atoms with Crippen molar-refractivity contribution in [1.82, 2.24) is 24.8 Å². The van der Waals surface area contributed by atoms with Crippen molar-refractivity contribution in [2.75, 3.05) is 20.7 Å². The number of carbonyl (C=O) groups is 2. The molecular weight excluding hydrogens is 394 g/mol. The second kappa shape index (κ2) is 10.4. The summed E-state index contributed by atoms with van der Waals surface area (Å²) in [6.45, 7) is 0.433. The number of amides is 2. The Kier molecular flexibility index (Phi) is 7.37. The molecule has 8 heteroatoms. The Labute approximate surface area is 181 Å². The molecule has 0 radical (unpaired) electrons. The van der Waals surface area contributed by atoms with E-state index < -0.39 is 0 Å². The van der Waals surface area contributed by atoms with Crippen molar-refractivity contribution >= 4 is 11.8 Å². The van der Waals surface area contributed by atoms with Crippen LogP contribution in [0.15, 0.2) is 61.1 Å². The van der Waals surface area contributed by atoms with Gasteiger partial charge in [0.25, 0.3) is 11.8 Å². The molecule has 0 unspecified atom stereocenters. The third kappa shape index (κ3) is 5.69. The molecule has 2 amide bonds. The molecule has 2 aromatic heterocycles. The average molecular weight is 422 g/mol. The fourth-order valence-corrected chi connectivity index (χ4v) is 3.35. The number of hydrogen-bond acceptors (Lipinski definition) is 5. The van der Waals surface area contributed by atoms with Gasteiger partial charge in [-0.2, -0.15) is 0 Å². The smallest absolute Gasteiger partial charge is 0.274 e. The van der Waals surface area contributed by atoms with Crippen molar-refractivity contribution in [2.45, 2.75) is 18.9 Å². The zero-order chi connectivity index (χ0) is 22.2. The van der Waals surface area contributed by atoms with E-state index in [2.05, 4.69) is 15.3 Å². The molecule has 162 valence electrons. The van der Waals surface area contributed by atoms with Gasteiger partial charge in [0.2, 0.25) is 5.88 Å². The second-order valence-electron chi connectivity index (χ2n) is 7.26. The van der Waals surface area contributed by atoms with E-state index in [-0.39, 0.29) is 29.4 Å². The van der Waals surface area contributed by atoms with Crippen LogP contribution in [0.4, 0.5) is 0 Å². The fraction of sp³-hybridized carbons (Fsp3) is 0.304. The van der Waals surface area contributed by atoms with Crippen LogP contribution < -0.4 is 10.1 Å². The first-order valence-electron chi connectivity index (χ1n) is 10.1. The maximum absolute atomic E-state index is 13.1. The minimum atomic E-state index is -0.249. The summed E-state index contributed by atoms with van der Waals surface area (Å²) in [6, 6.07) is 13.4. The number of aryl methyl sites for hydroxylation is 1. The van der Waals surface area contributed by atoms with Crippen LogP contribution in [0, 0.1) is 0 Å². The molecule has 1 atom stereocenters. The number of ether oxygens (including phenoxy) is 1. The van der Waals surface area contributed by atoms with E-state index >= 15 is 0 Å². The van der Waals surface area contributed by atoms with Crippen molar-refractivity contribution in [3.8, 4) is 5.88 Å². The molecule has 0 aliphatic rings. The predicted molar refractivity (Wildman–Crippen MR) is 117 cm³/mol. The van der Waals surface area contributed by atoms with Gasteiger partial charge >= 0.3 is 0 Å². The minimum Gasteiger partial charge on any atom is -0.480 e. The quantitative estimate of drug-likeness (QED) is 0.573. The van der Waals surface area contributed by atoms with E-state index in [4.69, 9.17) is 4.74 Å². The summed E-state index contributed by atoms with van der Waals surface area (Å²) in [4.78, 5) is 35.4. The van der Waals surface area contributed by atoms with Crippen LogP contribution in [-0.4, -0.2) is 58.0 Å². The predicted octanol–water partition coefficient (Wildman–Crippen LogP) is 2.33. The second-order valence-corrected chi connectivity index (χ2v) is 7.26. The lowest BCUT2D eigenvalue weighted by Gasteiger charge is -2.28. The third-order valence-corrected chi connectivity index (χ3v) is 5.16. The highest BCUT2D eigenvalue weighted by Crippen LogP contribution is 2.15. The molecule has 31 heavy (non-hydrogen) atoms. The molecule has 2 heterocycles. The summed E-state index contributed by atoms with van der Waals surface area (Å²) >= 11 is 0. The van der Waals surface area contributed by atoms with Crippen LogP contribution in [0.5, 0.6) is 5.88 Å². The minimum absolute atomic E-state index is 0.140. The lowest BCUT2D eigenvalue weighted by atomic mass is 10.0. The maximum Gasteiger partial charge on any atom is 0.274 e. The third-order valence-electron chi connectivity index (χ3n) is 5.16. The Morgan fingerprint density at radius 1 is 1.16 bits per heavy atom. The first-order chi connectivity index (χ1) is 15.0. The lowest BCUT2D eigenvalue weighted by Crippen LogP contribution is -2.41. The molecule has 0 saturated carbocycles. The normalized spacial score (nSPS) is 11.6. The van der Waals surface area contributed by atoms with Gasteiger partial charge in [-0.1, -0.05) is 30.3 Å². The molecule has 3 rings (SSSR count). The van der Waals surface area contributed by atoms with Crippen LogP contribution >= 0.6 is 0 Å². The highest BCUT2D eigenvalue weighted by Gasteiger charge is 2.23. The number of nitrogens with zero attached hydrogens (tertiary/aromatic N) is 4. The van der Waals surface area contributed by atoms with Gasteiger partial charge in [0.1, 0.15) is 5.69 Å². The maximum atomic E-state index is 13.1. The zero-order valence-corrected chi connectivity index (χ0v) is 18.0. The van der Waals surface area contributed by atoms with Crippen LogP contribution in [-0.2, 0) is 13.5 Å². The number of carbonyl (C=O) groups excluding carboxylic acids is 2. The highest BCUT2D eigenvalue weighted by atomic mass is 16.5. The van der Waals surface area contributed by atoms with E-state index in [1.807, 2.05) is 49.6 Å². The summed E-state index contributed by atoms with van der Waals surface area (Å²) in [5.41, 5.74) is 1.92. The SMILES string of the molecule is COc1cncc(C(=O)N(C)[C@H](CCNC(=O)c2cccn2C)Cc2ccccc2)n1. The van der Waals surface area contributed by atoms with Crippen molar-refractivity contribution in [3.05, 3.63) is 78.0 Å². The Balaban J connectivity index is 1.71. The van der Waals surface area contributed by atoms with Gasteiger partial charge in [-0.15, -0.1) is 0 Å². The van der Waals surface area contributed by atoms with E-state index in [9.17, 15) is 9.59 Å². The monoisotopic (exact) mass is 421 g/mol. The Hall–Kier alpha value is -3.68. The number of aromatic nitrogens is 3. The van der Waals surface area contributed by atoms with Crippen LogP contribution in [0.1, 0.15) is 33.0 Å². The molecule has 0 fully saturated rings. The molecule has 3 aromatic rings. The Morgan fingerprint density at radius 2 is 1.94 bits per heavy atom. The molecule has 0 saturated heterocycles. The first-order valence-corrected chi connectivity index (χ1v) is 10.1. The van der Waals surface area contributed by atoms with Crippen molar-refractivity contribution in [2.24, 2.45) is 7.05 Å². The summed E-state index contributed by atoms with van der Waals surface area (Å²) in [5.74, 6) is -0.103. The molecule has 0 bridgehead atoms. The lowest BCUT2D eigenvalue weighted by molar-refractivity contribution is 0.0715. The van der Waals surface area contributed by atoms with Crippen molar-refractivity contribution < 1.29 is 14.3 Å². The van der Waals surface area contributed by atoms with Gasteiger partial charge in [0.15, 0.2) is 5.69 Å². The Morgan fingerprint density at radius 3 is 2.61 bits per heavy atom. The zero-order valence-electron chi connectivity index (χ0n) is 18.0. The van der Waals surface area contributed by atoms with Crippen LogP contribution in [0.2, 0.25) is 0 Å². The van der Waals surface area contributed by atoms with Gasteiger partial charge in [-0.25, -0.2) is 4.98 Å². The molecule has 0 aliphatic carbocycles. The topological polar surface area (TPSA) is 89.4 Å². The first kappa shape index (κ1) is 22.0. The molecule has 8 nitrogen and oxygen atoms in total. The standard InChI is InChI=1S/C23H27N5O3/c1-27-13-7-10-20(27)22(29)25-12-11-18(14-17-8-5-4-6-9-17)28(2)23(30)19-15-24-16-21(26-19)31-3/h4-10,13,15-16,18H,11-12,14H2,1-3H3,(H,25,29)/t18-/m1/s1. The number of benzene rings is 1. The van der Waals surface area contributed by atoms with Gasteiger partial charge in [-0.3, -0.25) is 14.6 Å². The number of likely N-dealkylation sites (N-methyl/N-ethyl adjacent to an activating group) is 1. The van der Waals surface area contributed by atoms with E-state index in [0.29, 0.717) is 25.1 Å². The van der Waals surface area contributed by atoms with Crippen molar-refractivity contribution in [1.29, 1.82) is 0 Å². The molecule has 1 N–H and O–H groups in total. The van der Waals surface area contributed by atoms with Crippen LogP contribution in [0.3, 0.4) is 0 Å². The summed E-state index contributed by atoms with van der Waals surface area (Å²) < 4.78 is 6.86. The molecule has 0 spiro atoms. The summed E-state index contributed by atoms with van der Waals surface area (Å²) in [7, 11) is 5.06. The highest BCUT2D eigenvalue weighted by molar-refractivity contribution is 5.93. The van der Waals surface area contributed by atoms with E-state index in [0.717, 1.165) is 5.56 Å². The number of methoxy groups -OCH3 is 1. The van der Waals surface area contributed by atoms with E-state index in [1.54, 1.807) is 22.6 Å². The van der Waals surface area contributed by atoms with Crippen LogP contribution in [0.25, 0.3) is 0 Å². The molecule has 0 aliphatic heterocycles. The molecular formula is C23H27N5O3. The van der Waals surface area contributed by atoms with Gasteiger partial charge < -0.3 is 19.5 Å². The average Bonchev–Trinajstić information content (AvgIpc) is 3.24. The molecule has 1 aromatic carbocycles. The van der Waals surface area contributed by atoms with Crippen molar-refractivity contribution in [3.63, 3.8) is 0 Å². The summed E-state index contributed by atoms with van der Waals surface area (Å²) in [6.07, 6.45) is 5.95. The summed E-state index contributed by atoms with van der Waals surface area (Å²) in [5, 5.41) is 2.95. The number of rotatable bonds is 9. The number of nitrogens with one attached hydrogen (secondary N) is 1. The van der Waals surface area contributed by atoms with Gasteiger partial charge in [0.05, 0.1) is 19.5 Å². The van der Waals surface area contributed by atoms with E-state index in [1.165, 1.54) is 19.5 Å². The Bertz CT molecular complexity index is 1020. The van der Waals surface area contributed by atoms with Gasteiger partial charge in [0, 0.05) is 32.9 Å². The fourth-order valence-electron chi connectivity index (χ4n) is 3.35. The van der Waals surface area contributed by atoms with Gasteiger partial charge in [-0.05, 0) is 30.5 Å².